The molecule has 0 aliphatic heterocycles. The van der Waals surface area contributed by atoms with Gasteiger partial charge in [0.15, 0.2) is 0 Å². The number of carboxylic acid groups (broad SMARTS) is 2. The molecule has 2 amide bonds. The first kappa shape index (κ1) is 21.5. The molecule has 0 aromatic carbocycles. The molecule has 0 bridgehead atoms. The van der Waals surface area contributed by atoms with Crippen LogP contribution in [0.4, 0.5) is 17.6 Å². The molecular formula is C10H10F4N2O8-2. The van der Waals surface area contributed by atoms with Gasteiger partial charge in [-0.2, -0.15) is 17.6 Å². The Balaban J connectivity index is 5.34. The Bertz CT molecular complexity index is 481. The lowest BCUT2D eigenvalue weighted by Crippen LogP contribution is -2.64. The van der Waals surface area contributed by atoms with Gasteiger partial charge in [-0.3, -0.25) is 9.59 Å². The van der Waals surface area contributed by atoms with Gasteiger partial charge < -0.3 is 40.6 Å². The minimum absolute atomic E-state index is 0.818. The Kier molecular flexibility index (Phi) is 7.06. The van der Waals surface area contributed by atoms with Crippen LogP contribution in [-0.4, -0.2) is 71.1 Å². The summed E-state index contributed by atoms with van der Waals surface area (Å²) in [6, 6.07) is -4.92. The number of carboxylic acids is 2. The molecule has 0 radical (unpaired) electrons. The third kappa shape index (κ3) is 4.51. The Hall–Kier alpha value is -2.48. The van der Waals surface area contributed by atoms with Crippen molar-refractivity contribution in [3.63, 3.8) is 0 Å². The first-order chi connectivity index (χ1) is 10.8. The van der Waals surface area contributed by atoms with Crippen molar-refractivity contribution in [2.45, 2.75) is 23.9 Å². The number of hydrogen-bond acceptors (Lipinski definition) is 8. The molecule has 0 fully saturated rings. The number of nitrogens with one attached hydrogen (secondary N) is 2. The molecule has 0 spiro atoms. The minimum Gasteiger partial charge on any atom is -0.548 e. The highest BCUT2D eigenvalue weighted by Crippen LogP contribution is 2.34. The van der Waals surface area contributed by atoms with E-state index in [1.54, 1.807) is 0 Å². The van der Waals surface area contributed by atoms with Gasteiger partial charge in [0.2, 0.25) is 0 Å². The highest BCUT2D eigenvalue weighted by molar-refractivity contribution is 5.97. The molecule has 0 rings (SSSR count). The predicted molar refractivity (Wildman–Crippen MR) is 57.9 cm³/mol. The minimum atomic E-state index is -5.83. The van der Waals surface area contributed by atoms with Crippen LogP contribution < -0.4 is 20.8 Å². The smallest absolute Gasteiger partial charge is 0.395 e. The summed E-state index contributed by atoms with van der Waals surface area (Å²) in [5.41, 5.74) is 0. The SMILES string of the molecule is O=C([O-])[C@H](CO)NC(=O)C(F)(F)C(F)(F)C(=O)N[C@H](CO)C(=O)[O-]. The average Bonchev–Trinajstić information content (AvgIpc) is 2.48. The zero-order valence-electron chi connectivity index (χ0n) is 11.4. The molecule has 0 saturated carbocycles. The summed E-state index contributed by atoms with van der Waals surface area (Å²) < 4.78 is 53.7. The molecule has 0 aliphatic carbocycles. The van der Waals surface area contributed by atoms with Gasteiger partial charge in [0.1, 0.15) is 0 Å². The molecule has 138 valence electrons. The molecule has 2 atom stereocenters. The fourth-order valence-corrected chi connectivity index (χ4v) is 1.14. The summed E-state index contributed by atoms with van der Waals surface area (Å²) in [5, 5.41) is 39.3. The molecule has 10 nitrogen and oxygen atoms in total. The molecule has 24 heavy (non-hydrogen) atoms. The van der Waals surface area contributed by atoms with Crippen LogP contribution >= 0.6 is 0 Å². The number of aliphatic hydroxyl groups excluding tert-OH is 2. The van der Waals surface area contributed by atoms with E-state index < -0.39 is 60.9 Å². The third-order valence-corrected chi connectivity index (χ3v) is 2.51. The van der Waals surface area contributed by atoms with E-state index in [4.69, 9.17) is 10.2 Å². The van der Waals surface area contributed by atoms with Gasteiger partial charge >= 0.3 is 11.8 Å². The molecule has 0 saturated heterocycles. The van der Waals surface area contributed by atoms with Crippen LogP contribution in [0.3, 0.4) is 0 Å². The Morgan fingerprint density at radius 1 is 0.792 bits per heavy atom. The van der Waals surface area contributed by atoms with Gasteiger partial charge in [0.25, 0.3) is 11.8 Å². The summed E-state index contributed by atoms with van der Waals surface area (Å²) in [7, 11) is 0. The van der Waals surface area contributed by atoms with Crippen LogP contribution in [-0.2, 0) is 19.2 Å². The largest absolute Gasteiger partial charge is 0.548 e. The monoisotopic (exact) mass is 362 g/mol. The van der Waals surface area contributed by atoms with Crippen molar-refractivity contribution in [3.05, 3.63) is 0 Å². The van der Waals surface area contributed by atoms with E-state index in [0.29, 0.717) is 0 Å². The molecular weight excluding hydrogens is 352 g/mol. The Labute approximate surface area is 130 Å². The lowest BCUT2D eigenvalue weighted by atomic mass is 10.1. The van der Waals surface area contributed by atoms with E-state index in [1.165, 1.54) is 0 Å². The van der Waals surface area contributed by atoms with E-state index in [9.17, 15) is 47.0 Å². The average molecular weight is 362 g/mol. The van der Waals surface area contributed by atoms with Crippen LogP contribution in [0.5, 0.6) is 0 Å². The van der Waals surface area contributed by atoms with Crippen molar-refractivity contribution < 1.29 is 57.2 Å². The van der Waals surface area contributed by atoms with Gasteiger partial charge in [-0.15, -0.1) is 0 Å². The highest BCUT2D eigenvalue weighted by Gasteiger charge is 2.67. The second-order valence-electron chi connectivity index (χ2n) is 4.20. The van der Waals surface area contributed by atoms with Crippen molar-refractivity contribution >= 4 is 23.8 Å². The van der Waals surface area contributed by atoms with Crippen LogP contribution in [0.15, 0.2) is 0 Å². The van der Waals surface area contributed by atoms with E-state index in [2.05, 4.69) is 0 Å². The van der Waals surface area contributed by atoms with Gasteiger partial charge in [-0.25, -0.2) is 0 Å². The second-order valence-corrected chi connectivity index (χ2v) is 4.20. The van der Waals surface area contributed by atoms with E-state index in [0.717, 1.165) is 10.6 Å². The van der Waals surface area contributed by atoms with Gasteiger partial charge in [-0.1, -0.05) is 0 Å². The van der Waals surface area contributed by atoms with Gasteiger partial charge in [-0.05, 0) is 0 Å². The standard InChI is InChI=1S/C10H12F4N2O8/c11-9(12,7(23)15-3(1-17)5(19)20)10(13,14)8(24)16-4(2-18)6(21)22/h3-4,17-18H,1-2H2,(H,15,23)(H,16,24)(H,19,20)(H,21,22)/p-2/t3-,4+. The maximum Gasteiger partial charge on any atom is 0.395 e. The molecule has 0 aromatic heterocycles. The zero-order chi connectivity index (χ0) is 19.3. The number of aliphatic hydroxyl groups is 2. The number of aliphatic carboxylic acids is 2. The van der Waals surface area contributed by atoms with E-state index in [1.807, 2.05) is 0 Å². The first-order valence-corrected chi connectivity index (χ1v) is 5.83. The van der Waals surface area contributed by atoms with Crippen molar-refractivity contribution in [1.82, 2.24) is 10.6 Å². The Morgan fingerprint density at radius 3 is 1.21 bits per heavy atom. The summed E-state index contributed by atoms with van der Waals surface area (Å²) in [6.45, 7) is -2.95. The predicted octanol–water partition coefficient (Wildman–Crippen LogP) is -5.29. The second kappa shape index (κ2) is 7.87. The first-order valence-electron chi connectivity index (χ1n) is 5.83. The number of alkyl halides is 4. The van der Waals surface area contributed by atoms with Gasteiger partial charge in [0.05, 0.1) is 37.2 Å². The van der Waals surface area contributed by atoms with Crippen LogP contribution in [0.1, 0.15) is 0 Å². The van der Waals surface area contributed by atoms with Crippen LogP contribution in [0, 0.1) is 0 Å². The molecule has 0 heterocycles. The highest BCUT2D eigenvalue weighted by atomic mass is 19.3. The van der Waals surface area contributed by atoms with Crippen molar-refractivity contribution in [2.75, 3.05) is 13.2 Å². The van der Waals surface area contributed by atoms with Crippen molar-refractivity contribution in [3.8, 4) is 0 Å². The van der Waals surface area contributed by atoms with E-state index >= 15 is 0 Å². The van der Waals surface area contributed by atoms with Gasteiger partial charge in [0, 0.05) is 0 Å². The maximum absolute atomic E-state index is 13.4. The molecule has 0 aromatic rings. The molecule has 4 N–H and O–H groups in total. The van der Waals surface area contributed by atoms with E-state index in [-0.39, 0.29) is 0 Å². The number of carbonyl (C=O) groups excluding carboxylic acids is 4. The summed E-state index contributed by atoms with van der Waals surface area (Å²) in [6.07, 6.45) is 0. The van der Waals surface area contributed by atoms with Crippen molar-refractivity contribution in [1.29, 1.82) is 0 Å². The number of rotatable bonds is 9. The summed E-state index contributed by atoms with van der Waals surface area (Å²) >= 11 is 0. The normalized spacial score (nSPS) is 14.4. The van der Waals surface area contributed by atoms with Crippen LogP contribution in [0.25, 0.3) is 0 Å². The molecule has 14 heteroatoms. The number of halogens is 4. The lowest BCUT2D eigenvalue weighted by Gasteiger charge is -2.28. The summed E-state index contributed by atoms with van der Waals surface area (Å²) in [5.74, 6) is -22.1. The van der Waals surface area contributed by atoms with Crippen LogP contribution in [0.2, 0.25) is 0 Å². The number of hydrogen-bond donors (Lipinski definition) is 4. The topological polar surface area (TPSA) is 179 Å². The number of amides is 2. The molecule has 0 unspecified atom stereocenters. The fourth-order valence-electron chi connectivity index (χ4n) is 1.14. The maximum atomic E-state index is 13.4. The Morgan fingerprint density at radius 2 is 1.04 bits per heavy atom. The quantitative estimate of drug-likeness (QED) is 0.294. The summed E-state index contributed by atoms with van der Waals surface area (Å²) in [4.78, 5) is 42.8. The lowest BCUT2D eigenvalue weighted by molar-refractivity contribution is -0.310. The fraction of sp³-hybridized carbons (Fsp3) is 0.600. The molecule has 0 aliphatic rings. The number of carbonyl (C=O) groups is 4. The van der Waals surface area contributed by atoms with Crippen molar-refractivity contribution in [2.24, 2.45) is 0 Å². The third-order valence-electron chi connectivity index (χ3n) is 2.51. The zero-order valence-corrected chi connectivity index (χ0v) is 11.4.